The predicted octanol–water partition coefficient (Wildman–Crippen LogP) is 3.14. The molecule has 2 rings (SSSR count). The van der Waals surface area contributed by atoms with Crippen LogP contribution in [0.5, 0.6) is 0 Å². The molecule has 0 radical (unpaired) electrons. The Morgan fingerprint density at radius 2 is 2.18 bits per heavy atom. The van der Waals surface area contributed by atoms with E-state index in [1.807, 2.05) is 24.3 Å². The summed E-state index contributed by atoms with van der Waals surface area (Å²) in [5.74, 6) is 1.43. The molecule has 0 aliphatic heterocycles. The molecule has 0 saturated heterocycles. The van der Waals surface area contributed by atoms with Gasteiger partial charge in [0.1, 0.15) is 5.76 Å². The van der Waals surface area contributed by atoms with Gasteiger partial charge in [-0.05, 0) is 30.2 Å². The van der Waals surface area contributed by atoms with Crippen molar-refractivity contribution in [1.29, 1.82) is 0 Å². The van der Waals surface area contributed by atoms with Crippen molar-refractivity contribution in [1.82, 2.24) is 4.57 Å². The maximum Gasteiger partial charge on any atom is 0.166 e. The van der Waals surface area contributed by atoms with Gasteiger partial charge in [-0.25, -0.2) is 0 Å². The average Bonchev–Trinajstić information content (AvgIpc) is 2.90. The fourth-order valence-electron chi connectivity index (χ4n) is 1.96. The molecule has 0 aromatic carbocycles. The topological polar surface area (TPSA) is 35.1 Å². The first-order chi connectivity index (χ1) is 8.20. The van der Waals surface area contributed by atoms with Gasteiger partial charge in [-0.3, -0.25) is 4.79 Å². The summed E-state index contributed by atoms with van der Waals surface area (Å²) in [5, 5.41) is 0. The quantitative estimate of drug-likeness (QED) is 0.741. The van der Waals surface area contributed by atoms with E-state index in [4.69, 9.17) is 4.42 Å². The van der Waals surface area contributed by atoms with Crippen molar-refractivity contribution in [2.75, 3.05) is 0 Å². The zero-order valence-electron chi connectivity index (χ0n) is 10.2. The summed E-state index contributed by atoms with van der Waals surface area (Å²) in [5.41, 5.74) is 1.86. The number of rotatable bonds is 5. The highest BCUT2D eigenvalue weighted by atomic mass is 16.3. The van der Waals surface area contributed by atoms with E-state index in [0.717, 1.165) is 36.4 Å². The Balaban J connectivity index is 2.26. The van der Waals surface area contributed by atoms with Crippen molar-refractivity contribution < 1.29 is 9.21 Å². The molecule has 0 aliphatic carbocycles. The number of carbonyl (C=O) groups is 1. The van der Waals surface area contributed by atoms with E-state index < -0.39 is 0 Å². The van der Waals surface area contributed by atoms with Gasteiger partial charge in [0.25, 0.3) is 0 Å². The molecule has 90 valence electrons. The molecule has 0 unspecified atom stereocenters. The average molecular weight is 231 g/mol. The second-order valence-corrected chi connectivity index (χ2v) is 4.63. The molecule has 3 nitrogen and oxygen atoms in total. The van der Waals surface area contributed by atoms with Crippen LogP contribution in [0, 0.1) is 5.92 Å². The molecule has 0 atom stereocenters. The molecule has 17 heavy (non-hydrogen) atoms. The van der Waals surface area contributed by atoms with Crippen molar-refractivity contribution in [2.24, 2.45) is 5.92 Å². The Hall–Kier alpha value is -1.77. The third-order valence-corrected chi connectivity index (χ3v) is 2.71. The highest BCUT2D eigenvalue weighted by molar-refractivity contribution is 5.72. The van der Waals surface area contributed by atoms with Crippen LogP contribution in [-0.2, 0) is 13.0 Å². The lowest BCUT2D eigenvalue weighted by Crippen LogP contribution is -2.11. The number of aromatic nitrogens is 1. The highest BCUT2D eigenvalue weighted by Crippen LogP contribution is 2.15. The maximum absolute atomic E-state index is 11.0. The van der Waals surface area contributed by atoms with Crippen LogP contribution in [0.3, 0.4) is 0 Å². The molecule has 2 heterocycles. The van der Waals surface area contributed by atoms with Crippen molar-refractivity contribution in [2.45, 2.75) is 26.8 Å². The molecular formula is C14H17NO2. The van der Waals surface area contributed by atoms with E-state index in [2.05, 4.69) is 18.4 Å². The summed E-state index contributed by atoms with van der Waals surface area (Å²) in [4.78, 5) is 11.0. The molecular weight excluding hydrogens is 214 g/mol. The fourth-order valence-corrected chi connectivity index (χ4v) is 1.96. The monoisotopic (exact) mass is 231 g/mol. The molecule has 0 saturated carbocycles. The largest absolute Gasteiger partial charge is 0.469 e. The lowest BCUT2D eigenvalue weighted by Gasteiger charge is -2.12. The zero-order valence-corrected chi connectivity index (χ0v) is 10.2. The van der Waals surface area contributed by atoms with E-state index in [9.17, 15) is 4.79 Å². The van der Waals surface area contributed by atoms with Crippen LogP contribution >= 0.6 is 0 Å². The molecule has 0 amide bonds. The predicted molar refractivity (Wildman–Crippen MR) is 66.2 cm³/mol. The maximum atomic E-state index is 11.0. The van der Waals surface area contributed by atoms with E-state index in [1.165, 1.54) is 0 Å². The lowest BCUT2D eigenvalue weighted by molar-refractivity contribution is 0.111. The Bertz CT molecular complexity index is 480. The van der Waals surface area contributed by atoms with Crippen LogP contribution in [0.15, 0.2) is 34.9 Å². The molecule has 0 aliphatic rings. The summed E-state index contributed by atoms with van der Waals surface area (Å²) >= 11 is 0. The summed E-state index contributed by atoms with van der Waals surface area (Å²) < 4.78 is 7.41. The van der Waals surface area contributed by atoms with Gasteiger partial charge < -0.3 is 8.98 Å². The first-order valence-electron chi connectivity index (χ1n) is 5.86. The Morgan fingerprint density at radius 3 is 2.76 bits per heavy atom. The second kappa shape index (κ2) is 5.04. The van der Waals surface area contributed by atoms with Gasteiger partial charge in [-0.1, -0.05) is 13.8 Å². The highest BCUT2D eigenvalue weighted by Gasteiger charge is 2.10. The molecule has 0 spiro atoms. The van der Waals surface area contributed by atoms with Crippen LogP contribution in [-0.4, -0.2) is 10.9 Å². The minimum atomic E-state index is 0.511. The van der Waals surface area contributed by atoms with E-state index in [1.54, 1.807) is 6.26 Å². The van der Waals surface area contributed by atoms with Gasteiger partial charge in [0.2, 0.25) is 0 Å². The molecule has 2 aromatic rings. The van der Waals surface area contributed by atoms with Gasteiger partial charge in [0.15, 0.2) is 6.29 Å². The van der Waals surface area contributed by atoms with Crippen molar-refractivity contribution in [3.8, 4) is 0 Å². The summed E-state index contributed by atoms with van der Waals surface area (Å²) in [6.45, 7) is 5.15. The van der Waals surface area contributed by atoms with Crippen molar-refractivity contribution in [3.05, 3.63) is 47.7 Å². The van der Waals surface area contributed by atoms with Crippen LogP contribution < -0.4 is 0 Å². The molecule has 0 bridgehead atoms. The van der Waals surface area contributed by atoms with Gasteiger partial charge in [0, 0.05) is 18.7 Å². The van der Waals surface area contributed by atoms with Gasteiger partial charge in [-0.2, -0.15) is 0 Å². The van der Waals surface area contributed by atoms with Gasteiger partial charge in [0.05, 0.1) is 12.0 Å². The van der Waals surface area contributed by atoms with E-state index in [0.29, 0.717) is 5.92 Å². The normalized spacial score (nSPS) is 11.0. The Morgan fingerprint density at radius 1 is 1.35 bits per heavy atom. The van der Waals surface area contributed by atoms with Gasteiger partial charge in [-0.15, -0.1) is 0 Å². The molecule has 0 N–H and O–H groups in total. The lowest BCUT2D eigenvalue weighted by atomic mass is 10.2. The number of furan rings is 1. The number of nitrogens with zero attached hydrogens (tertiary/aromatic N) is 1. The van der Waals surface area contributed by atoms with Crippen molar-refractivity contribution in [3.63, 3.8) is 0 Å². The second-order valence-electron chi connectivity index (χ2n) is 4.63. The molecule has 2 aromatic heterocycles. The van der Waals surface area contributed by atoms with Crippen LogP contribution in [0.4, 0.5) is 0 Å². The number of hydrogen-bond acceptors (Lipinski definition) is 2. The SMILES string of the molecule is CC(C)Cn1c(C=O)ccc1Cc1ccco1. The minimum absolute atomic E-state index is 0.511. The third kappa shape index (κ3) is 2.67. The zero-order chi connectivity index (χ0) is 12.3. The number of hydrogen-bond donors (Lipinski definition) is 0. The standard InChI is InChI=1S/C14H17NO2/c1-11(2)9-15-12(5-6-13(15)10-16)8-14-4-3-7-17-14/h3-7,10-11H,8-9H2,1-2H3. The summed E-state index contributed by atoms with van der Waals surface area (Å²) in [7, 11) is 0. The third-order valence-electron chi connectivity index (χ3n) is 2.71. The summed E-state index contributed by atoms with van der Waals surface area (Å²) in [6.07, 6.45) is 3.31. The smallest absolute Gasteiger partial charge is 0.166 e. The Kier molecular flexibility index (Phi) is 3.47. The van der Waals surface area contributed by atoms with Crippen LogP contribution in [0.25, 0.3) is 0 Å². The van der Waals surface area contributed by atoms with Crippen LogP contribution in [0.2, 0.25) is 0 Å². The van der Waals surface area contributed by atoms with E-state index >= 15 is 0 Å². The summed E-state index contributed by atoms with van der Waals surface area (Å²) in [6, 6.07) is 7.70. The van der Waals surface area contributed by atoms with Crippen LogP contribution in [0.1, 0.15) is 35.8 Å². The first kappa shape index (κ1) is 11.7. The molecule has 3 heteroatoms. The fraction of sp³-hybridized carbons (Fsp3) is 0.357. The first-order valence-corrected chi connectivity index (χ1v) is 5.86. The minimum Gasteiger partial charge on any atom is -0.469 e. The van der Waals surface area contributed by atoms with E-state index in [-0.39, 0.29) is 0 Å². The number of aldehydes is 1. The Labute approximate surface area is 101 Å². The molecule has 0 fully saturated rings. The number of carbonyl (C=O) groups excluding carboxylic acids is 1. The van der Waals surface area contributed by atoms with Gasteiger partial charge >= 0.3 is 0 Å². The van der Waals surface area contributed by atoms with Crippen molar-refractivity contribution >= 4 is 6.29 Å².